The standard InChI is InChI=1S/C29H38ClN3O4/c30-22-10-12-26(37-19-20-7-8-20)25(17-22)27(29(34)35)33-15-13-24(18-33)36-16-3-1-2-6-23-11-9-21-5-4-14-31-28(21)32-23/h9-12,17,20,24,27H,1-8,13-16,18-19H2,(H,31,32)(H,34,35)/t24-,27+/m1/s1. The van der Waals surface area contributed by atoms with E-state index < -0.39 is 12.0 Å². The molecule has 2 fully saturated rings. The Morgan fingerprint density at radius 2 is 2.08 bits per heavy atom. The number of nitrogens with one attached hydrogen (secondary N) is 1. The highest BCUT2D eigenvalue weighted by Gasteiger charge is 2.36. The Bertz CT molecular complexity index is 1080. The summed E-state index contributed by atoms with van der Waals surface area (Å²) in [4.78, 5) is 19.1. The normalized spacial score (nSPS) is 20.3. The maximum Gasteiger partial charge on any atom is 0.325 e. The number of unbranched alkanes of at least 4 members (excludes halogenated alkanes) is 2. The number of rotatable bonds is 13. The lowest BCUT2D eigenvalue weighted by atomic mass is 10.0. The number of aryl methyl sites for hydroxylation is 2. The summed E-state index contributed by atoms with van der Waals surface area (Å²) in [5.41, 5.74) is 3.12. The maximum atomic E-state index is 12.3. The molecule has 7 nitrogen and oxygen atoms in total. The van der Waals surface area contributed by atoms with E-state index in [9.17, 15) is 9.90 Å². The minimum atomic E-state index is -0.884. The predicted octanol–water partition coefficient (Wildman–Crippen LogP) is 5.51. The number of hydrogen-bond acceptors (Lipinski definition) is 6. The quantitative estimate of drug-likeness (QED) is 0.332. The minimum Gasteiger partial charge on any atom is -0.493 e. The number of ether oxygens (including phenoxy) is 2. The van der Waals surface area contributed by atoms with Crippen molar-refractivity contribution < 1.29 is 19.4 Å². The van der Waals surface area contributed by atoms with Crippen LogP contribution < -0.4 is 10.1 Å². The molecule has 0 spiro atoms. The SMILES string of the molecule is O=C(O)[C@H](c1cc(Cl)ccc1OCC1CC1)N1CC[C@@H](OCCCCCc2ccc3c(n2)NCCC3)C1. The first-order valence-corrected chi connectivity index (χ1v) is 14.2. The van der Waals surface area contributed by atoms with E-state index >= 15 is 0 Å². The van der Waals surface area contributed by atoms with Gasteiger partial charge in [-0.05, 0) is 87.1 Å². The molecule has 0 bridgehead atoms. The number of likely N-dealkylation sites (tertiary alicyclic amines) is 1. The molecule has 1 saturated carbocycles. The van der Waals surface area contributed by atoms with Gasteiger partial charge in [0, 0.05) is 42.5 Å². The Labute approximate surface area is 224 Å². The third kappa shape index (κ3) is 7.15. The van der Waals surface area contributed by atoms with E-state index in [0.717, 1.165) is 56.6 Å². The second-order valence-electron chi connectivity index (χ2n) is 10.6. The highest BCUT2D eigenvalue weighted by Crippen LogP contribution is 2.36. The number of aromatic nitrogens is 1. The summed E-state index contributed by atoms with van der Waals surface area (Å²) in [6, 6.07) is 8.90. The topological polar surface area (TPSA) is 83.9 Å². The van der Waals surface area contributed by atoms with Crippen LogP contribution in [0.15, 0.2) is 30.3 Å². The van der Waals surface area contributed by atoms with Crippen molar-refractivity contribution in [3.63, 3.8) is 0 Å². The van der Waals surface area contributed by atoms with Crippen molar-refractivity contribution in [2.45, 2.75) is 69.9 Å². The molecule has 2 aromatic rings. The van der Waals surface area contributed by atoms with Crippen LogP contribution in [0.3, 0.4) is 0 Å². The Kier molecular flexibility index (Phi) is 8.85. The zero-order chi connectivity index (χ0) is 25.6. The fraction of sp³-hybridized carbons (Fsp3) is 0.586. The van der Waals surface area contributed by atoms with Crippen molar-refractivity contribution in [3.05, 3.63) is 52.2 Å². The van der Waals surface area contributed by atoms with Crippen molar-refractivity contribution in [1.29, 1.82) is 0 Å². The van der Waals surface area contributed by atoms with E-state index in [4.69, 9.17) is 26.1 Å². The molecule has 8 heteroatoms. The molecule has 0 unspecified atom stereocenters. The van der Waals surface area contributed by atoms with E-state index in [-0.39, 0.29) is 6.10 Å². The molecule has 5 rings (SSSR count). The van der Waals surface area contributed by atoms with Crippen LogP contribution in [0.2, 0.25) is 5.02 Å². The van der Waals surface area contributed by atoms with Crippen molar-refractivity contribution in [2.24, 2.45) is 5.92 Å². The smallest absolute Gasteiger partial charge is 0.325 e. The summed E-state index contributed by atoms with van der Waals surface area (Å²) < 4.78 is 12.2. The van der Waals surface area contributed by atoms with Gasteiger partial charge in [-0.2, -0.15) is 0 Å². The lowest BCUT2D eigenvalue weighted by Crippen LogP contribution is -2.34. The van der Waals surface area contributed by atoms with Crippen LogP contribution in [-0.4, -0.2) is 59.9 Å². The number of hydrogen-bond donors (Lipinski definition) is 2. The first-order chi connectivity index (χ1) is 18.1. The number of carboxylic acids is 1. The van der Waals surface area contributed by atoms with Crippen LogP contribution in [0.4, 0.5) is 5.82 Å². The van der Waals surface area contributed by atoms with E-state index in [0.29, 0.717) is 48.6 Å². The van der Waals surface area contributed by atoms with Crippen molar-refractivity contribution in [1.82, 2.24) is 9.88 Å². The van der Waals surface area contributed by atoms with Gasteiger partial charge in [0.25, 0.3) is 0 Å². The van der Waals surface area contributed by atoms with Gasteiger partial charge in [-0.1, -0.05) is 24.1 Å². The van der Waals surface area contributed by atoms with Crippen LogP contribution in [0, 0.1) is 5.92 Å². The number of anilines is 1. The number of benzene rings is 1. The molecule has 1 aromatic carbocycles. The average molecular weight is 528 g/mol. The third-order valence-corrected chi connectivity index (χ3v) is 7.83. The van der Waals surface area contributed by atoms with Crippen LogP contribution >= 0.6 is 11.6 Å². The molecule has 1 saturated heterocycles. The number of fused-ring (bicyclic) bond motifs is 1. The van der Waals surface area contributed by atoms with E-state index in [2.05, 4.69) is 17.4 Å². The van der Waals surface area contributed by atoms with Gasteiger partial charge < -0.3 is 19.9 Å². The number of halogens is 1. The first-order valence-electron chi connectivity index (χ1n) is 13.8. The zero-order valence-corrected chi connectivity index (χ0v) is 22.2. The summed E-state index contributed by atoms with van der Waals surface area (Å²) in [5, 5.41) is 14.1. The first kappa shape index (κ1) is 26.3. The van der Waals surface area contributed by atoms with Gasteiger partial charge >= 0.3 is 5.97 Å². The van der Waals surface area contributed by atoms with Crippen LogP contribution in [0.5, 0.6) is 5.75 Å². The second-order valence-corrected chi connectivity index (χ2v) is 11.0. The highest BCUT2D eigenvalue weighted by molar-refractivity contribution is 6.30. The van der Waals surface area contributed by atoms with Gasteiger partial charge in [-0.25, -0.2) is 4.98 Å². The molecule has 1 aromatic heterocycles. The fourth-order valence-corrected chi connectivity index (χ4v) is 5.49. The number of carbonyl (C=O) groups is 1. The molecule has 1 aliphatic carbocycles. The van der Waals surface area contributed by atoms with E-state index in [1.165, 1.54) is 24.8 Å². The molecule has 37 heavy (non-hydrogen) atoms. The minimum absolute atomic E-state index is 0.0465. The van der Waals surface area contributed by atoms with Gasteiger partial charge in [0.05, 0.1) is 12.7 Å². The lowest BCUT2D eigenvalue weighted by Gasteiger charge is -2.26. The number of carboxylic acid groups (broad SMARTS) is 1. The third-order valence-electron chi connectivity index (χ3n) is 7.60. The molecule has 3 heterocycles. The molecular weight excluding hydrogens is 490 g/mol. The molecule has 0 amide bonds. The van der Waals surface area contributed by atoms with Crippen LogP contribution in [0.1, 0.15) is 67.8 Å². The molecule has 3 aliphatic rings. The molecule has 2 aliphatic heterocycles. The number of aliphatic carboxylic acids is 1. The molecule has 2 N–H and O–H groups in total. The van der Waals surface area contributed by atoms with Gasteiger partial charge in [0.2, 0.25) is 0 Å². The van der Waals surface area contributed by atoms with E-state index in [1.807, 2.05) is 4.90 Å². The number of nitrogens with zero attached hydrogens (tertiary/aromatic N) is 2. The predicted molar refractivity (Wildman–Crippen MR) is 145 cm³/mol. The number of pyridine rings is 1. The van der Waals surface area contributed by atoms with Crippen molar-refractivity contribution in [2.75, 3.05) is 38.2 Å². The Morgan fingerprint density at radius 3 is 2.92 bits per heavy atom. The molecule has 0 radical (unpaired) electrons. The Hall–Kier alpha value is -2.35. The van der Waals surface area contributed by atoms with Crippen molar-refractivity contribution >= 4 is 23.4 Å². The van der Waals surface area contributed by atoms with Crippen molar-refractivity contribution in [3.8, 4) is 5.75 Å². The van der Waals surface area contributed by atoms with Gasteiger partial charge in [-0.3, -0.25) is 9.69 Å². The Balaban J connectivity index is 1.06. The highest BCUT2D eigenvalue weighted by atomic mass is 35.5. The molecule has 2 atom stereocenters. The maximum absolute atomic E-state index is 12.3. The summed E-state index contributed by atoms with van der Waals surface area (Å²) in [5.74, 6) is 1.39. The fourth-order valence-electron chi connectivity index (χ4n) is 5.31. The monoisotopic (exact) mass is 527 g/mol. The summed E-state index contributed by atoms with van der Waals surface area (Å²) in [6.07, 6.45) is 9.69. The Morgan fingerprint density at radius 1 is 1.19 bits per heavy atom. The molecular formula is C29H38ClN3O4. The van der Waals surface area contributed by atoms with Gasteiger partial charge in [0.15, 0.2) is 0 Å². The van der Waals surface area contributed by atoms with Gasteiger partial charge in [-0.15, -0.1) is 0 Å². The van der Waals surface area contributed by atoms with E-state index in [1.54, 1.807) is 18.2 Å². The summed E-state index contributed by atoms with van der Waals surface area (Å²) in [6.45, 7) is 3.61. The molecule has 200 valence electrons. The summed E-state index contributed by atoms with van der Waals surface area (Å²) in [7, 11) is 0. The zero-order valence-electron chi connectivity index (χ0n) is 21.5. The van der Waals surface area contributed by atoms with Crippen LogP contribution in [-0.2, 0) is 22.4 Å². The second kappa shape index (κ2) is 12.5. The average Bonchev–Trinajstić information content (AvgIpc) is 3.62. The lowest BCUT2D eigenvalue weighted by molar-refractivity contribution is -0.143. The van der Waals surface area contributed by atoms with Gasteiger partial charge in [0.1, 0.15) is 17.6 Å². The van der Waals surface area contributed by atoms with Crippen LogP contribution in [0.25, 0.3) is 0 Å². The summed E-state index contributed by atoms with van der Waals surface area (Å²) >= 11 is 6.26. The largest absolute Gasteiger partial charge is 0.493 e.